The van der Waals surface area contributed by atoms with Gasteiger partial charge in [0.2, 0.25) is 0 Å². The van der Waals surface area contributed by atoms with Gasteiger partial charge in [-0.2, -0.15) is 0 Å². The SMILES string of the molecule is Cc1ccc(C(=O)C(C)N(C)CCOCC2CC2)cc1C. The highest BCUT2D eigenvalue weighted by Crippen LogP contribution is 2.28. The molecule has 0 aliphatic heterocycles. The third-order valence-corrected chi connectivity index (χ3v) is 4.47. The van der Waals surface area contributed by atoms with Crippen LogP contribution in [0.1, 0.15) is 41.3 Å². The Morgan fingerprint density at radius 1 is 1.33 bits per heavy atom. The minimum Gasteiger partial charge on any atom is -0.380 e. The summed E-state index contributed by atoms with van der Waals surface area (Å²) in [5, 5.41) is 0. The summed E-state index contributed by atoms with van der Waals surface area (Å²) in [6, 6.07) is 5.83. The van der Waals surface area contributed by atoms with Gasteiger partial charge in [-0.15, -0.1) is 0 Å². The molecule has 1 atom stereocenters. The van der Waals surface area contributed by atoms with Crippen LogP contribution in [0, 0.1) is 19.8 Å². The molecule has 0 saturated heterocycles. The molecular weight excluding hydrogens is 262 g/mol. The first-order chi connectivity index (χ1) is 9.99. The highest BCUT2D eigenvalue weighted by molar-refractivity contribution is 6.00. The van der Waals surface area contributed by atoms with Gasteiger partial charge in [0.15, 0.2) is 5.78 Å². The van der Waals surface area contributed by atoms with Crippen LogP contribution < -0.4 is 0 Å². The van der Waals surface area contributed by atoms with E-state index < -0.39 is 0 Å². The smallest absolute Gasteiger partial charge is 0.179 e. The van der Waals surface area contributed by atoms with Crippen LogP contribution in [0.2, 0.25) is 0 Å². The number of likely N-dealkylation sites (N-methyl/N-ethyl adjacent to an activating group) is 1. The second-order valence-electron chi connectivity index (χ2n) is 6.34. The first kappa shape index (κ1) is 16.2. The van der Waals surface area contributed by atoms with Crippen molar-refractivity contribution in [1.29, 1.82) is 0 Å². The molecule has 21 heavy (non-hydrogen) atoms. The van der Waals surface area contributed by atoms with E-state index in [1.165, 1.54) is 24.0 Å². The number of hydrogen-bond acceptors (Lipinski definition) is 3. The van der Waals surface area contributed by atoms with E-state index in [-0.39, 0.29) is 11.8 Å². The zero-order chi connectivity index (χ0) is 15.4. The van der Waals surface area contributed by atoms with Crippen LogP contribution in [0.25, 0.3) is 0 Å². The molecule has 1 aromatic rings. The van der Waals surface area contributed by atoms with Gasteiger partial charge in [-0.3, -0.25) is 9.69 Å². The summed E-state index contributed by atoms with van der Waals surface area (Å²) in [6.07, 6.45) is 2.63. The summed E-state index contributed by atoms with van der Waals surface area (Å²) in [7, 11) is 1.99. The van der Waals surface area contributed by atoms with Gasteiger partial charge in [-0.05, 0) is 63.8 Å². The van der Waals surface area contributed by atoms with Crippen molar-refractivity contribution in [3.05, 3.63) is 34.9 Å². The summed E-state index contributed by atoms with van der Waals surface area (Å²) in [6.45, 7) is 8.47. The van der Waals surface area contributed by atoms with Crippen molar-refractivity contribution in [3.63, 3.8) is 0 Å². The minimum atomic E-state index is -0.114. The second-order valence-corrected chi connectivity index (χ2v) is 6.34. The van der Waals surface area contributed by atoms with Crippen LogP contribution in [0.5, 0.6) is 0 Å². The normalized spacial score (nSPS) is 16.2. The lowest BCUT2D eigenvalue weighted by Crippen LogP contribution is -2.38. The number of aryl methyl sites for hydroxylation is 2. The van der Waals surface area contributed by atoms with Gasteiger partial charge in [0.25, 0.3) is 0 Å². The van der Waals surface area contributed by atoms with E-state index in [0.29, 0.717) is 6.61 Å². The highest BCUT2D eigenvalue weighted by Gasteiger charge is 2.22. The average molecular weight is 289 g/mol. The molecule has 0 aromatic heterocycles. The van der Waals surface area contributed by atoms with Crippen molar-refractivity contribution in [2.45, 2.75) is 39.7 Å². The summed E-state index contributed by atoms with van der Waals surface area (Å²) in [4.78, 5) is 14.6. The fourth-order valence-electron chi connectivity index (χ4n) is 2.27. The molecule has 0 heterocycles. The van der Waals surface area contributed by atoms with E-state index in [1.54, 1.807) is 0 Å². The maximum Gasteiger partial charge on any atom is 0.179 e. The van der Waals surface area contributed by atoms with Gasteiger partial charge in [0.05, 0.1) is 12.6 Å². The topological polar surface area (TPSA) is 29.5 Å². The van der Waals surface area contributed by atoms with Crippen LogP contribution in [-0.4, -0.2) is 43.5 Å². The third-order valence-electron chi connectivity index (χ3n) is 4.47. The quantitative estimate of drug-likeness (QED) is 0.543. The third kappa shape index (κ3) is 4.65. The van der Waals surface area contributed by atoms with Crippen molar-refractivity contribution >= 4 is 5.78 Å². The number of rotatable bonds is 8. The molecule has 1 fully saturated rings. The van der Waals surface area contributed by atoms with Crippen molar-refractivity contribution in [1.82, 2.24) is 4.90 Å². The Bertz CT molecular complexity index is 494. The number of carbonyl (C=O) groups is 1. The number of benzene rings is 1. The average Bonchev–Trinajstić information content (AvgIpc) is 3.29. The number of Topliss-reactive ketones (excluding diaryl/α,β-unsaturated/α-hetero) is 1. The Labute approximate surface area is 128 Å². The lowest BCUT2D eigenvalue weighted by Gasteiger charge is -2.23. The van der Waals surface area contributed by atoms with Gasteiger partial charge in [0.1, 0.15) is 0 Å². The predicted octanol–water partition coefficient (Wildman–Crippen LogP) is 3.23. The van der Waals surface area contributed by atoms with Gasteiger partial charge < -0.3 is 4.74 Å². The number of carbonyl (C=O) groups excluding carboxylic acids is 1. The molecule has 1 aliphatic carbocycles. The Hall–Kier alpha value is -1.19. The van der Waals surface area contributed by atoms with Gasteiger partial charge in [-0.1, -0.05) is 12.1 Å². The Morgan fingerprint density at radius 3 is 2.67 bits per heavy atom. The molecule has 1 aliphatic rings. The molecule has 1 unspecified atom stereocenters. The molecule has 3 nitrogen and oxygen atoms in total. The summed E-state index contributed by atoms with van der Waals surface area (Å²) in [5.74, 6) is 0.979. The van der Waals surface area contributed by atoms with Crippen LogP contribution in [0.4, 0.5) is 0 Å². The van der Waals surface area contributed by atoms with E-state index in [1.807, 2.05) is 39.1 Å². The number of ether oxygens (including phenoxy) is 1. The molecule has 2 rings (SSSR count). The molecular formula is C18H27NO2. The number of ketones is 1. The van der Waals surface area contributed by atoms with E-state index in [0.717, 1.165) is 24.6 Å². The maximum absolute atomic E-state index is 12.5. The van der Waals surface area contributed by atoms with E-state index >= 15 is 0 Å². The molecule has 1 aromatic carbocycles. The maximum atomic E-state index is 12.5. The molecule has 116 valence electrons. The monoisotopic (exact) mass is 289 g/mol. The van der Waals surface area contributed by atoms with Crippen molar-refractivity contribution in [2.75, 3.05) is 26.8 Å². The van der Waals surface area contributed by atoms with Crippen LogP contribution in [0.15, 0.2) is 18.2 Å². The van der Waals surface area contributed by atoms with Gasteiger partial charge >= 0.3 is 0 Å². The van der Waals surface area contributed by atoms with Crippen molar-refractivity contribution in [3.8, 4) is 0 Å². The number of nitrogens with zero attached hydrogens (tertiary/aromatic N) is 1. The van der Waals surface area contributed by atoms with E-state index in [2.05, 4.69) is 11.8 Å². The Morgan fingerprint density at radius 2 is 2.05 bits per heavy atom. The second kappa shape index (κ2) is 7.19. The van der Waals surface area contributed by atoms with Crippen molar-refractivity contribution < 1.29 is 9.53 Å². The Balaban J connectivity index is 1.83. The highest BCUT2D eigenvalue weighted by atomic mass is 16.5. The standard InChI is InChI=1S/C18H27NO2/c1-13-5-8-17(11-14(13)2)18(20)15(3)19(4)9-10-21-12-16-6-7-16/h5,8,11,15-16H,6-7,9-10,12H2,1-4H3. The largest absolute Gasteiger partial charge is 0.380 e. The first-order valence-electron chi connectivity index (χ1n) is 7.88. The minimum absolute atomic E-state index is 0.114. The lowest BCUT2D eigenvalue weighted by molar-refractivity contribution is 0.0748. The summed E-state index contributed by atoms with van der Waals surface area (Å²) >= 11 is 0. The van der Waals surface area contributed by atoms with Crippen LogP contribution in [-0.2, 0) is 4.74 Å². The lowest BCUT2D eigenvalue weighted by atomic mass is 10.00. The zero-order valence-corrected chi connectivity index (χ0v) is 13.7. The van der Waals surface area contributed by atoms with Crippen LogP contribution in [0.3, 0.4) is 0 Å². The molecule has 0 N–H and O–H groups in total. The fourth-order valence-corrected chi connectivity index (χ4v) is 2.27. The van der Waals surface area contributed by atoms with Crippen LogP contribution >= 0.6 is 0 Å². The molecule has 0 spiro atoms. The molecule has 0 radical (unpaired) electrons. The van der Waals surface area contributed by atoms with E-state index in [9.17, 15) is 4.79 Å². The number of hydrogen-bond donors (Lipinski definition) is 0. The molecule has 0 amide bonds. The molecule has 3 heteroatoms. The predicted molar refractivity (Wildman–Crippen MR) is 85.9 cm³/mol. The fraction of sp³-hybridized carbons (Fsp3) is 0.611. The van der Waals surface area contributed by atoms with E-state index in [4.69, 9.17) is 4.74 Å². The zero-order valence-electron chi connectivity index (χ0n) is 13.7. The van der Waals surface area contributed by atoms with Gasteiger partial charge in [0, 0.05) is 18.7 Å². The summed E-state index contributed by atoms with van der Waals surface area (Å²) < 4.78 is 5.65. The molecule has 1 saturated carbocycles. The van der Waals surface area contributed by atoms with Crippen molar-refractivity contribution in [2.24, 2.45) is 5.92 Å². The molecule has 0 bridgehead atoms. The Kier molecular flexibility index (Phi) is 5.54. The first-order valence-corrected chi connectivity index (χ1v) is 7.88. The van der Waals surface area contributed by atoms with Gasteiger partial charge in [-0.25, -0.2) is 0 Å². The summed E-state index contributed by atoms with van der Waals surface area (Å²) in [5.41, 5.74) is 3.20.